The molecule has 0 saturated heterocycles. The Labute approximate surface area is 120 Å². The van der Waals surface area contributed by atoms with Gasteiger partial charge in [0.25, 0.3) is 5.91 Å². The van der Waals surface area contributed by atoms with Gasteiger partial charge in [0.2, 0.25) is 0 Å². The number of hydrogen-bond donors (Lipinski definition) is 2. The average Bonchev–Trinajstić information content (AvgIpc) is 2.78. The van der Waals surface area contributed by atoms with E-state index in [1.807, 2.05) is 0 Å². The number of nitrogens with one attached hydrogen (secondary N) is 2. The van der Waals surface area contributed by atoms with Crippen LogP contribution in [-0.4, -0.2) is 28.5 Å². The average molecular weight is 281 g/mol. The number of aromatic nitrogens is 1. The van der Waals surface area contributed by atoms with Crippen LogP contribution >= 0.6 is 0 Å². The highest BCUT2D eigenvalue weighted by Crippen LogP contribution is 2.21. The molecule has 1 heterocycles. The molecule has 2 N–H and O–H groups in total. The fourth-order valence-electron chi connectivity index (χ4n) is 2.19. The van der Waals surface area contributed by atoms with Gasteiger partial charge < -0.3 is 0 Å². The summed E-state index contributed by atoms with van der Waals surface area (Å²) in [6.45, 7) is 0. The van der Waals surface area contributed by atoms with Gasteiger partial charge in [-0.15, -0.1) is 0 Å². The topological polar surface area (TPSA) is 88.2 Å². The monoisotopic (exact) mass is 281 g/mol. The van der Waals surface area contributed by atoms with E-state index in [4.69, 9.17) is 0 Å². The Morgan fingerprint density at radius 2 is 1.52 bits per heavy atom. The molecule has 0 radical (unpaired) electrons. The van der Waals surface area contributed by atoms with Gasteiger partial charge in [-0.3, -0.25) is 24.8 Å². The molecule has 1 aromatic heterocycles. The van der Waals surface area contributed by atoms with Crippen LogP contribution in [0, 0.1) is 0 Å². The van der Waals surface area contributed by atoms with Crippen molar-refractivity contribution >= 4 is 17.5 Å². The van der Waals surface area contributed by atoms with Gasteiger partial charge in [0.1, 0.15) is 0 Å². The molecule has 0 bridgehead atoms. The molecule has 0 aliphatic heterocycles. The fourth-order valence-corrected chi connectivity index (χ4v) is 2.19. The van der Waals surface area contributed by atoms with Crippen LogP contribution in [0.2, 0.25) is 0 Å². The van der Waals surface area contributed by atoms with Gasteiger partial charge in [-0.25, -0.2) is 5.43 Å². The zero-order valence-electron chi connectivity index (χ0n) is 10.9. The van der Waals surface area contributed by atoms with Gasteiger partial charge >= 0.3 is 0 Å². The number of amides is 1. The molecule has 1 aliphatic carbocycles. The van der Waals surface area contributed by atoms with Crippen molar-refractivity contribution in [2.45, 2.75) is 6.04 Å². The minimum atomic E-state index is -1.08. The normalized spacial score (nSPS) is 14.1. The van der Waals surface area contributed by atoms with Crippen molar-refractivity contribution in [2.24, 2.45) is 0 Å². The van der Waals surface area contributed by atoms with Crippen LogP contribution in [-0.2, 0) is 0 Å². The SMILES string of the molecule is O=C(NNC1C(=O)c2ccccc2C1=O)c1ccncc1. The Morgan fingerprint density at radius 3 is 2.10 bits per heavy atom. The predicted octanol–water partition coefficient (Wildman–Crippen LogP) is 0.764. The van der Waals surface area contributed by atoms with Crippen molar-refractivity contribution in [3.05, 3.63) is 65.5 Å². The summed E-state index contributed by atoms with van der Waals surface area (Å²) in [6, 6.07) is 8.58. The Bertz CT molecular complexity index is 693. The lowest BCUT2D eigenvalue weighted by Crippen LogP contribution is -2.49. The Kier molecular flexibility index (Phi) is 3.29. The fraction of sp³-hybridized carbons (Fsp3) is 0.0667. The maximum absolute atomic E-state index is 12.1. The number of carbonyl (C=O) groups is 3. The van der Waals surface area contributed by atoms with Crippen molar-refractivity contribution in [2.75, 3.05) is 0 Å². The van der Waals surface area contributed by atoms with Gasteiger partial charge in [-0.05, 0) is 12.1 Å². The summed E-state index contributed by atoms with van der Waals surface area (Å²) in [5, 5.41) is 0. The van der Waals surface area contributed by atoms with Crippen molar-refractivity contribution in [3.8, 4) is 0 Å². The molecule has 0 saturated carbocycles. The molecule has 1 amide bonds. The second kappa shape index (κ2) is 5.26. The first-order chi connectivity index (χ1) is 10.2. The van der Waals surface area contributed by atoms with E-state index >= 15 is 0 Å². The van der Waals surface area contributed by atoms with E-state index in [-0.39, 0.29) is 11.6 Å². The second-order valence-corrected chi connectivity index (χ2v) is 4.54. The standard InChI is InChI=1S/C15H11N3O3/c19-13-10-3-1-2-4-11(10)14(20)12(13)17-18-15(21)9-5-7-16-8-6-9/h1-8,12,17H,(H,18,21). The highest BCUT2D eigenvalue weighted by atomic mass is 16.2. The van der Waals surface area contributed by atoms with Crippen molar-refractivity contribution < 1.29 is 14.4 Å². The number of nitrogens with zero attached hydrogens (tertiary/aromatic N) is 1. The zero-order chi connectivity index (χ0) is 14.8. The molecule has 104 valence electrons. The Hall–Kier alpha value is -2.86. The lowest BCUT2D eigenvalue weighted by atomic mass is 10.1. The Morgan fingerprint density at radius 1 is 0.952 bits per heavy atom. The van der Waals surface area contributed by atoms with E-state index in [1.165, 1.54) is 24.5 Å². The molecule has 0 fully saturated rings. The largest absolute Gasteiger partial charge is 0.292 e. The molecular weight excluding hydrogens is 270 g/mol. The summed E-state index contributed by atoms with van der Waals surface area (Å²) in [5.74, 6) is -1.12. The number of ketones is 2. The van der Waals surface area contributed by atoms with E-state index in [0.717, 1.165) is 0 Å². The lowest BCUT2D eigenvalue weighted by Gasteiger charge is -2.11. The lowest BCUT2D eigenvalue weighted by molar-refractivity contribution is 0.0833. The number of hydrazine groups is 1. The molecule has 6 heteroatoms. The van der Waals surface area contributed by atoms with Crippen LogP contribution in [0.15, 0.2) is 48.8 Å². The van der Waals surface area contributed by atoms with E-state index in [1.54, 1.807) is 24.3 Å². The van der Waals surface area contributed by atoms with Crippen molar-refractivity contribution in [1.82, 2.24) is 15.8 Å². The van der Waals surface area contributed by atoms with Gasteiger partial charge in [0.05, 0.1) is 0 Å². The number of benzene rings is 1. The van der Waals surface area contributed by atoms with Gasteiger partial charge in [-0.2, -0.15) is 0 Å². The minimum Gasteiger partial charge on any atom is -0.292 e. The van der Waals surface area contributed by atoms with E-state index in [0.29, 0.717) is 16.7 Å². The number of fused-ring (bicyclic) bond motifs is 1. The Balaban J connectivity index is 1.72. The molecule has 1 aromatic carbocycles. The summed E-state index contributed by atoms with van der Waals surface area (Å²) in [4.78, 5) is 39.9. The highest BCUT2D eigenvalue weighted by Gasteiger charge is 2.38. The minimum absolute atomic E-state index is 0.342. The number of pyridine rings is 1. The number of rotatable bonds is 3. The molecule has 0 unspecified atom stereocenters. The third kappa shape index (κ3) is 2.32. The van der Waals surface area contributed by atoms with Crippen LogP contribution in [0.1, 0.15) is 31.1 Å². The van der Waals surface area contributed by atoms with Gasteiger partial charge in [0.15, 0.2) is 17.6 Å². The maximum atomic E-state index is 12.1. The number of hydrogen-bond acceptors (Lipinski definition) is 5. The highest BCUT2D eigenvalue weighted by molar-refractivity contribution is 6.29. The second-order valence-electron chi connectivity index (χ2n) is 4.54. The zero-order valence-corrected chi connectivity index (χ0v) is 10.9. The van der Waals surface area contributed by atoms with Gasteiger partial charge in [0, 0.05) is 29.1 Å². The van der Waals surface area contributed by atoms with Crippen LogP contribution in [0.4, 0.5) is 0 Å². The molecule has 0 spiro atoms. The predicted molar refractivity (Wildman–Crippen MR) is 73.7 cm³/mol. The van der Waals surface area contributed by atoms with Crippen LogP contribution in [0.5, 0.6) is 0 Å². The third-order valence-electron chi connectivity index (χ3n) is 3.25. The first kappa shape index (κ1) is 13.1. The summed E-state index contributed by atoms with van der Waals surface area (Å²) < 4.78 is 0. The van der Waals surface area contributed by atoms with Crippen molar-refractivity contribution in [3.63, 3.8) is 0 Å². The first-order valence-corrected chi connectivity index (χ1v) is 6.32. The summed E-state index contributed by atoms with van der Waals surface area (Å²) in [5.41, 5.74) is 6.01. The van der Waals surface area contributed by atoms with Crippen LogP contribution < -0.4 is 10.9 Å². The molecule has 3 rings (SSSR count). The molecule has 2 aromatic rings. The molecular formula is C15H11N3O3. The molecule has 21 heavy (non-hydrogen) atoms. The number of carbonyl (C=O) groups excluding carboxylic acids is 3. The summed E-state index contributed by atoms with van der Waals surface area (Å²) in [6.07, 6.45) is 2.97. The van der Waals surface area contributed by atoms with Crippen molar-refractivity contribution in [1.29, 1.82) is 0 Å². The maximum Gasteiger partial charge on any atom is 0.265 e. The van der Waals surface area contributed by atoms with Gasteiger partial charge in [-0.1, -0.05) is 24.3 Å². The van der Waals surface area contributed by atoms with E-state index < -0.39 is 11.9 Å². The van der Waals surface area contributed by atoms with E-state index in [9.17, 15) is 14.4 Å². The number of Topliss-reactive ketones (excluding diaryl/α,β-unsaturated/α-hetero) is 2. The smallest absolute Gasteiger partial charge is 0.265 e. The van der Waals surface area contributed by atoms with Crippen LogP contribution in [0.3, 0.4) is 0 Å². The molecule has 0 atom stereocenters. The van der Waals surface area contributed by atoms with E-state index in [2.05, 4.69) is 15.8 Å². The molecule has 6 nitrogen and oxygen atoms in total. The quantitative estimate of drug-likeness (QED) is 0.640. The van der Waals surface area contributed by atoms with Crippen LogP contribution in [0.25, 0.3) is 0 Å². The third-order valence-corrected chi connectivity index (χ3v) is 3.25. The summed E-state index contributed by atoms with van der Waals surface area (Å²) in [7, 11) is 0. The first-order valence-electron chi connectivity index (χ1n) is 6.32. The molecule has 1 aliphatic rings. The summed E-state index contributed by atoms with van der Waals surface area (Å²) >= 11 is 0.